The highest BCUT2D eigenvalue weighted by molar-refractivity contribution is 6.04. The molecule has 3 aliphatic rings. The summed E-state index contributed by atoms with van der Waals surface area (Å²) in [5.41, 5.74) is 1.47. The first-order chi connectivity index (χ1) is 16.6. The third-order valence-electron chi connectivity index (χ3n) is 7.95. The molecule has 2 bridgehead atoms. The lowest BCUT2D eigenvalue weighted by molar-refractivity contribution is -0.148. The Morgan fingerprint density at radius 3 is 2.39 bits per heavy atom. The normalized spacial score (nSPS) is 29.7. The highest BCUT2D eigenvalue weighted by Gasteiger charge is 2.39. The monoisotopic (exact) mass is 529 g/mol. The van der Waals surface area contributed by atoms with Crippen LogP contribution in [0.15, 0.2) is 22.6 Å². The number of piperidine rings is 2. The third kappa shape index (κ3) is 5.45. The van der Waals surface area contributed by atoms with Gasteiger partial charge in [-0.05, 0) is 58.7 Å². The highest BCUT2D eigenvalue weighted by atomic mass is 35.5. The molecule has 11 heteroatoms. The maximum absolute atomic E-state index is 13.3. The summed E-state index contributed by atoms with van der Waals surface area (Å²) in [6.07, 6.45) is 1.28. The van der Waals surface area contributed by atoms with Crippen molar-refractivity contribution in [2.75, 3.05) is 31.6 Å². The minimum Gasteiger partial charge on any atom is -0.423 e. The summed E-state index contributed by atoms with van der Waals surface area (Å²) in [7, 11) is 2.19. The van der Waals surface area contributed by atoms with Crippen molar-refractivity contribution in [2.24, 2.45) is 0 Å². The summed E-state index contributed by atoms with van der Waals surface area (Å²) >= 11 is 0. The van der Waals surface area contributed by atoms with Crippen LogP contribution in [0.5, 0.6) is 0 Å². The lowest BCUT2D eigenvalue weighted by atomic mass is 9.82. The van der Waals surface area contributed by atoms with Crippen molar-refractivity contribution in [3.63, 3.8) is 0 Å². The van der Waals surface area contributed by atoms with E-state index >= 15 is 0 Å². The number of nitrogens with one attached hydrogen (secondary N) is 1. The molecule has 2 unspecified atom stereocenters. The molecule has 1 aromatic carbocycles. The van der Waals surface area contributed by atoms with Crippen LogP contribution in [0.1, 0.15) is 56.3 Å². The van der Waals surface area contributed by atoms with Gasteiger partial charge in [0, 0.05) is 43.3 Å². The number of rotatable bonds is 4. The van der Waals surface area contributed by atoms with Crippen LogP contribution in [-0.2, 0) is 0 Å². The molecule has 200 valence electrons. The van der Waals surface area contributed by atoms with E-state index in [1.807, 2.05) is 18.7 Å². The molecular formula is C25H35ClF3N5O2. The van der Waals surface area contributed by atoms with Crippen LogP contribution in [0.4, 0.5) is 19.2 Å². The van der Waals surface area contributed by atoms with Gasteiger partial charge >= 0.3 is 6.18 Å². The Bertz CT molecular complexity index is 1050. The smallest absolute Gasteiger partial charge is 0.401 e. The molecule has 4 atom stereocenters. The van der Waals surface area contributed by atoms with Crippen molar-refractivity contribution in [3.8, 4) is 0 Å². The van der Waals surface area contributed by atoms with E-state index < -0.39 is 12.7 Å². The van der Waals surface area contributed by atoms with E-state index in [1.54, 1.807) is 18.2 Å². The van der Waals surface area contributed by atoms with E-state index in [0.717, 1.165) is 12.8 Å². The van der Waals surface area contributed by atoms with Crippen LogP contribution in [0.3, 0.4) is 0 Å². The number of hydrogen-bond acceptors (Lipinski definition) is 6. The van der Waals surface area contributed by atoms with Crippen molar-refractivity contribution in [3.05, 3.63) is 23.8 Å². The second-order valence-electron chi connectivity index (χ2n) is 10.6. The molecule has 0 radical (unpaired) electrons. The number of halogens is 4. The van der Waals surface area contributed by atoms with Gasteiger partial charge in [-0.2, -0.15) is 18.2 Å². The number of amides is 1. The summed E-state index contributed by atoms with van der Waals surface area (Å²) in [6, 6.07) is 6.39. The lowest BCUT2D eigenvalue weighted by Crippen LogP contribution is -2.58. The van der Waals surface area contributed by atoms with Crippen LogP contribution in [-0.4, -0.2) is 83.8 Å². The Hall–Kier alpha value is -2.04. The van der Waals surface area contributed by atoms with Crippen molar-refractivity contribution < 1.29 is 22.4 Å². The number of hydrogen-bond donors (Lipinski definition) is 1. The van der Waals surface area contributed by atoms with Gasteiger partial charge in [-0.25, -0.2) is 0 Å². The van der Waals surface area contributed by atoms with E-state index in [1.165, 1.54) is 24.2 Å². The number of piperazine rings is 1. The average Bonchev–Trinajstić information content (AvgIpc) is 3.16. The minimum absolute atomic E-state index is 0. The number of carbonyl (C=O) groups excluding carboxylic acids is 1. The van der Waals surface area contributed by atoms with Crippen LogP contribution in [0, 0.1) is 0 Å². The van der Waals surface area contributed by atoms with Gasteiger partial charge < -0.3 is 19.5 Å². The predicted octanol–water partition coefficient (Wildman–Crippen LogP) is 4.46. The number of para-hydroxylation sites is 1. The molecule has 0 saturated carbocycles. The molecule has 4 heterocycles. The first kappa shape index (κ1) is 27.0. The fourth-order valence-electron chi connectivity index (χ4n) is 6.42. The number of fused-ring (bicyclic) bond motifs is 3. The fraction of sp³-hybridized carbons (Fsp3) is 0.680. The summed E-state index contributed by atoms with van der Waals surface area (Å²) in [6.45, 7) is 3.34. The molecule has 1 amide bonds. The maximum atomic E-state index is 13.3. The topological polar surface area (TPSA) is 64.8 Å². The number of benzene rings is 1. The number of carbonyl (C=O) groups is 1. The first-order valence-electron chi connectivity index (χ1n) is 12.6. The summed E-state index contributed by atoms with van der Waals surface area (Å²) < 4.78 is 44.7. The number of nitrogens with zero attached hydrogens (tertiary/aromatic N) is 4. The molecule has 3 fully saturated rings. The van der Waals surface area contributed by atoms with Crippen LogP contribution >= 0.6 is 12.4 Å². The number of alkyl halides is 3. The van der Waals surface area contributed by atoms with E-state index in [2.05, 4.69) is 22.2 Å². The van der Waals surface area contributed by atoms with Gasteiger partial charge in [-0.15, -0.1) is 12.4 Å². The quantitative estimate of drug-likeness (QED) is 0.631. The van der Waals surface area contributed by atoms with Crippen LogP contribution in [0.2, 0.25) is 0 Å². The molecule has 0 spiro atoms. The van der Waals surface area contributed by atoms with E-state index in [4.69, 9.17) is 4.42 Å². The van der Waals surface area contributed by atoms with Crippen molar-refractivity contribution >= 4 is 35.4 Å². The zero-order valence-electron chi connectivity index (χ0n) is 20.9. The Kier molecular flexibility index (Phi) is 7.78. The standard InChI is InChI=1S/C25H34F3N5O2.ClH/c1-15-12-32(14-25(26,27)28)13-16(2)33(15)24-30-22-20(8-5-9-21(22)35-24)23(34)29-17-10-18-6-4-7-19(11-17)31(18)3;/h5,8-9,15-19H,4,6-7,10-14H2,1-3H3,(H,29,34);1H/t15-,16-,17?,18?,19?;/m0./s1. The van der Waals surface area contributed by atoms with Gasteiger partial charge in [0.1, 0.15) is 5.52 Å². The fourth-order valence-corrected chi connectivity index (χ4v) is 6.42. The van der Waals surface area contributed by atoms with Crippen molar-refractivity contribution in [1.29, 1.82) is 0 Å². The van der Waals surface area contributed by atoms with Gasteiger partial charge in [0.05, 0.1) is 12.1 Å². The maximum Gasteiger partial charge on any atom is 0.401 e. The van der Waals surface area contributed by atoms with E-state index in [-0.39, 0.29) is 49.5 Å². The molecule has 3 saturated heterocycles. The minimum atomic E-state index is -4.23. The molecule has 0 aliphatic carbocycles. The zero-order valence-corrected chi connectivity index (χ0v) is 21.7. The molecule has 3 aliphatic heterocycles. The summed E-state index contributed by atoms with van der Waals surface area (Å²) in [5.74, 6) is -0.154. The van der Waals surface area contributed by atoms with E-state index in [9.17, 15) is 18.0 Å². The Morgan fingerprint density at radius 2 is 1.78 bits per heavy atom. The van der Waals surface area contributed by atoms with Crippen LogP contribution < -0.4 is 10.2 Å². The molecular weight excluding hydrogens is 495 g/mol. The SMILES string of the molecule is C[C@H]1CN(CC(F)(F)F)C[C@H](C)N1c1nc2c(C(=O)NC3CC4CCCC(C3)N4C)cccc2o1.Cl. The first-order valence-corrected chi connectivity index (χ1v) is 12.6. The second-order valence-corrected chi connectivity index (χ2v) is 10.6. The molecule has 1 N–H and O–H groups in total. The van der Waals surface area contributed by atoms with E-state index in [0.29, 0.717) is 34.8 Å². The van der Waals surface area contributed by atoms with Crippen LogP contribution in [0.25, 0.3) is 11.1 Å². The molecule has 2 aromatic rings. The average molecular weight is 530 g/mol. The Balaban J connectivity index is 0.00000304. The largest absolute Gasteiger partial charge is 0.423 e. The highest BCUT2D eigenvalue weighted by Crippen LogP contribution is 2.34. The van der Waals surface area contributed by atoms with Gasteiger partial charge in [0.2, 0.25) is 0 Å². The number of oxazole rings is 1. The van der Waals surface area contributed by atoms with Gasteiger partial charge in [0.15, 0.2) is 5.58 Å². The Labute approximate surface area is 215 Å². The molecule has 7 nitrogen and oxygen atoms in total. The number of anilines is 1. The second kappa shape index (κ2) is 10.4. The van der Waals surface area contributed by atoms with Gasteiger partial charge in [0.25, 0.3) is 11.9 Å². The molecule has 1 aromatic heterocycles. The number of aromatic nitrogens is 1. The summed E-state index contributed by atoms with van der Waals surface area (Å²) in [4.78, 5) is 23.8. The third-order valence-corrected chi connectivity index (χ3v) is 7.95. The van der Waals surface area contributed by atoms with Gasteiger partial charge in [-0.3, -0.25) is 9.69 Å². The lowest BCUT2D eigenvalue weighted by Gasteiger charge is -2.47. The molecule has 36 heavy (non-hydrogen) atoms. The Morgan fingerprint density at radius 1 is 1.14 bits per heavy atom. The van der Waals surface area contributed by atoms with Crippen molar-refractivity contribution in [2.45, 2.75) is 82.3 Å². The van der Waals surface area contributed by atoms with Crippen molar-refractivity contribution in [1.82, 2.24) is 20.1 Å². The van der Waals surface area contributed by atoms with Gasteiger partial charge in [-0.1, -0.05) is 12.5 Å². The zero-order chi connectivity index (χ0) is 24.9. The summed E-state index contributed by atoms with van der Waals surface area (Å²) in [5, 5.41) is 3.24. The predicted molar refractivity (Wildman–Crippen MR) is 135 cm³/mol. The molecule has 5 rings (SSSR count).